The second kappa shape index (κ2) is 14.6. The van der Waals surface area contributed by atoms with Crippen molar-refractivity contribution in [2.75, 3.05) is 23.7 Å². The molecule has 0 saturated heterocycles. The van der Waals surface area contributed by atoms with E-state index in [1.54, 1.807) is 59.7 Å². The molecule has 11 nitrogen and oxygen atoms in total. The van der Waals surface area contributed by atoms with E-state index >= 15 is 0 Å². The van der Waals surface area contributed by atoms with E-state index in [2.05, 4.69) is 57.4 Å². The molecular formula is C36H47N7O4. The number of carbonyl (C=O) groups is 2. The molecule has 11 heteroatoms. The number of amides is 2. The van der Waals surface area contributed by atoms with Gasteiger partial charge in [0.2, 0.25) is 0 Å². The van der Waals surface area contributed by atoms with Crippen molar-refractivity contribution in [3.63, 3.8) is 0 Å². The molecule has 3 aromatic carbocycles. The van der Waals surface area contributed by atoms with Gasteiger partial charge in [-0.05, 0) is 58.2 Å². The normalized spacial score (nSPS) is 12.0. The minimum absolute atomic E-state index is 0.264. The van der Waals surface area contributed by atoms with Gasteiger partial charge in [0, 0.05) is 20.1 Å². The van der Waals surface area contributed by atoms with Crippen LogP contribution in [0, 0.1) is 0 Å². The van der Waals surface area contributed by atoms with Crippen LogP contribution < -0.4 is 26.6 Å². The number of aromatic nitrogens is 2. The molecule has 2 amide bonds. The van der Waals surface area contributed by atoms with Crippen LogP contribution in [0.4, 0.5) is 21.1 Å². The van der Waals surface area contributed by atoms with Crippen LogP contribution in [0.1, 0.15) is 58.2 Å². The first-order chi connectivity index (χ1) is 22.2. The topological polar surface area (TPSA) is 136 Å². The van der Waals surface area contributed by atoms with Gasteiger partial charge in [-0.2, -0.15) is 5.10 Å². The Morgan fingerprint density at radius 2 is 1.17 bits per heavy atom. The quantitative estimate of drug-likeness (QED) is 0.121. The van der Waals surface area contributed by atoms with Crippen LogP contribution in [0.5, 0.6) is 0 Å². The Labute approximate surface area is 277 Å². The zero-order chi connectivity index (χ0) is 34.2. The fourth-order valence-corrected chi connectivity index (χ4v) is 5.31. The highest BCUT2D eigenvalue weighted by atomic mass is 16.6. The summed E-state index contributed by atoms with van der Waals surface area (Å²) in [6.45, 7) is 11.2. The molecule has 0 saturated carbocycles. The summed E-state index contributed by atoms with van der Waals surface area (Å²) in [7, 11) is 1.72. The molecule has 47 heavy (non-hydrogen) atoms. The van der Waals surface area contributed by atoms with Gasteiger partial charge in [-0.3, -0.25) is 20.6 Å². The number of alkyl carbamates (subject to hydrolysis) is 2. The van der Waals surface area contributed by atoms with E-state index in [1.807, 2.05) is 54.6 Å². The van der Waals surface area contributed by atoms with E-state index in [9.17, 15) is 9.59 Å². The molecule has 0 unspecified atom stereocenters. The van der Waals surface area contributed by atoms with Crippen LogP contribution >= 0.6 is 0 Å². The maximum atomic E-state index is 13.1. The average Bonchev–Trinajstić information content (AvgIpc) is 3.33. The molecule has 250 valence electrons. The maximum absolute atomic E-state index is 13.1. The molecule has 1 aromatic heterocycles. The predicted octanol–water partition coefficient (Wildman–Crippen LogP) is 5.72. The second-order valence-electron chi connectivity index (χ2n) is 13.2. The number of aryl methyl sites for hydroxylation is 1. The number of hydrogen-bond donors (Lipinski definition) is 4. The van der Waals surface area contributed by atoms with Crippen molar-refractivity contribution < 1.29 is 19.1 Å². The van der Waals surface area contributed by atoms with Crippen LogP contribution in [0.25, 0.3) is 0 Å². The molecule has 4 rings (SSSR count). The molecule has 0 fully saturated rings. The summed E-state index contributed by atoms with van der Waals surface area (Å²) in [6, 6.07) is 30.7. The van der Waals surface area contributed by atoms with Crippen LogP contribution in [0.3, 0.4) is 0 Å². The zero-order valence-corrected chi connectivity index (χ0v) is 28.3. The fraction of sp³-hybridized carbons (Fsp3) is 0.361. The minimum Gasteiger partial charge on any atom is -0.444 e. The number of nitrogens with one attached hydrogen (secondary N) is 3. The van der Waals surface area contributed by atoms with Crippen molar-refractivity contribution in [1.82, 2.24) is 25.7 Å². The van der Waals surface area contributed by atoms with Crippen molar-refractivity contribution >= 4 is 23.7 Å². The zero-order valence-electron chi connectivity index (χ0n) is 28.3. The molecule has 4 aromatic rings. The predicted molar refractivity (Wildman–Crippen MR) is 185 cm³/mol. The van der Waals surface area contributed by atoms with E-state index in [1.165, 1.54) is 4.68 Å². The monoisotopic (exact) mass is 641 g/mol. The summed E-state index contributed by atoms with van der Waals surface area (Å²) in [5.74, 6) is 0.340. The molecule has 0 radical (unpaired) electrons. The SMILES string of the molecule is Cn1ncc(N(CCNC(c2ccccc2)(c2ccccc2)c2ccccc2)C(NC(=O)OC(C)(C)C)NC(=O)OC(C)(C)C)c1N. The standard InChI is InChI=1S/C36H47N7O4/c1-34(2,3)46-32(44)40-31(41-33(45)47-35(4,5)6)43(29-25-39-42(7)30(29)37)24-23-38-36(26-17-11-8-12-18-26,27-19-13-9-14-20-27)28-21-15-10-16-22-28/h8-22,25,31,38H,23-24,37H2,1-7H3,(H,40,44)(H,41,45). The summed E-state index contributed by atoms with van der Waals surface area (Å²) in [5.41, 5.74) is 7.81. The number of nitrogens with two attached hydrogens (primary N) is 1. The number of hydrogen-bond acceptors (Lipinski definition) is 8. The number of anilines is 2. The Morgan fingerprint density at radius 3 is 1.51 bits per heavy atom. The molecule has 5 N–H and O–H groups in total. The highest BCUT2D eigenvalue weighted by Crippen LogP contribution is 2.36. The van der Waals surface area contributed by atoms with Crippen LogP contribution in [0.2, 0.25) is 0 Å². The Hall–Kier alpha value is -5.03. The van der Waals surface area contributed by atoms with Gasteiger partial charge in [0.25, 0.3) is 0 Å². The van der Waals surface area contributed by atoms with Gasteiger partial charge in [-0.1, -0.05) is 91.0 Å². The third-order valence-electron chi connectivity index (χ3n) is 7.26. The lowest BCUT2D eigenvalue weighted by Crippen LogP contribution is -2.61. The fourth-order valence-electron chi connectivity index (χ4n) is 5.31. The van der Waals surface area contributed by atoms with Crippen LogP contribution in [-0.4, -0.2) is 52.5 Å². The van der Waals surface area contributed by atoms with E-state index < -0.39 is 35.2 Å². The summed E-state index contributed by atoms with van der Waals surface area (Å²) >= 11 is 0. The first-order valence-corrected chi connectivity index (χ1v) is 15.6. The summed E-state index contributed by atoms with van der Waals surface area (Å²) < 4.78 is 12.7. The number of ether oxygens (including phenoxy) is 2. The van der Waals surface area contributed by atoms with Crippen molar-refractivity contribution in [3.8, 4) is 0 Å². The van der Waals surface area contributed by atoms with E-state index in [-0.39, 0.29) is 6.54 Å². The van der Waals surface area contributed by atoms with Gasteiger partial charge in [-0.25, -0.2) is 9.59 Å². The maximum Gasteiger partial charge on any atom is 0.410 e. The number of nitrogen functional groups attached to an aromatic ring is 1. The molecule has 0 spiro atoms. The minimum atomic E-state index is -1.12. The van der Waals surface area contributed by atoms with Gasteiger partial charge in [-0.15, -0.1) is 0 Å². The Morgan fingerprint density at radius 1 is 0.766 bits per heavy atom. The van der Waals surface area contributed by atoms with E-state index in [0.29, 0.717) is 18.1 Å². The highest BCUT2D eigenvalue weighted by molar-refractivity contribution is 5.74. The molecule has 0 aliphatic rings. The van der Waals surface area contributed by atoms with Crippen LogP contribution in [-0.2, 0) is 22.1 Å². The average molecular weight is 642 g/mol. The molecule has 0 aliphatic heterocycles. The summed E-state index contributed by atoms with van der Waals surface area (Å²) in [5, 5.41) is 13.8. The molecule has 0 bridgehead atoms. The van der Waals surface area contributed by atoms with E-state index in [0.717, 1.165) is 16.7 Å². The first kappa shape index (κ1) is 34.8. The Kier molecular flexibility index (Phi) is 10.8. The number of benzene rings is 3. The second-order valence-corrected chi connectivity index (χ2v) is 13.2. The molecular weight excluding hydrogens is 594 g/mol. The molecule has 1 heterocycles. The lowest BCUT2D eigenvalue weighted by molar-refractivity contribution is 0.0423. The third-order valence-corrected chi connectivity index (χ3v) is 7.26. The largest absolute Gasteiger partial charge is 0.444 e. The van der Waals surface area contributed by atoms with Crippen molar-refractivity contribution in [3.05, 3.63) is 114 Å². The van der Waals surface area contributed by atoms with Crippen LogP contribution in [0.15, 0.2) is 97.2 Å². The summed E-state index contributed by atoms with van der Waals surface area (Å²) in [6.07, 6.45) is -0.987. The lowest BCUT2D eigenvalue weighted by Gasteiger charge is -2.39. The van der Waals surface area contributed by atoms with Crippen molar-refractivity contribution in [2.45, 2.75) is 64.6 Å². The van der Waals surface area contributed by atoms with Crippen molar-refractivity contribution in [2.24, 2.45) is 7.05 Å². The lowest BCUT2D eigenvalue weighted by atomic mass is 9.77. The van der Waals surface area contributed by atoms with Gasteiger partial charge in [0.1, 0.15) is 22.7 Å². The first-order valence-electron chi connectivity index (χ1n) is 15.6. The number of rotatable bonds is 11. The molecule has 0 aliphatic carbocycles. The van der Waals surface area contributed by atoms with E-state index in [4.69, 9.17) is 15.2 Å². The third kappa shape index (κ3) is 9.04. The Bertz CT molecular complexity index is 1470. The van der Waals surface area contributed by atoms with Gasteiger partial charge in [0.15, 0.2) is 6.29 Å². The number of carbonyl (C=O) groups excluding carboxylic acids is 2. The Balaban J connectivity index is 1.76. The smallest absolute Gasteiger partial charge is 0.410 e. The number of nitrogens with zero attached hydrogens (tertiary/aromatic N) is 3. The van der Waals surface area contributed by atoms with Gasteiger partial charge < -0.3 is 20.1 Å². The van der Waals surface area contributed by atoms with Gasteiger partial charge >= 0.3 is 12.2 Å². The van der Waals surface area contributed by atoms with Crippen molar-refractivity contribution in [1.29, 1.82) is 0 Å². The summed E-state index contributed by atoms with van der Waals surface area (Å²) in [4.78, 5) is 28.0. The molecule has 0 atom stereocenters. The highest BCUT2D eigenvalue weighted by Gasteiger charge is 2.37. The van der Waals surface area contributed by atoms with Gasteiger partial charge in [0.05, 0.1) is 11.7 Å².